The lowest BCUT2D eigenvalue weighted by Crippen LogP contribution is -2.49. The van der Waals surface area contributed by atoms with Gasteiger partial charge in [0, 0.05) is 76.4 Å². The summed E-state index contributed by atoms with van der Waals surface area (Å²) in [5.74, 6) is 0.670. The van der Waals surface area contributed by atoms with Crippen LogP contribution in [0.2, 0.25) is 5.02 Å². The minimum Gasteiger partial charge on any atom is -0.490 e. The second kappa shape index (κ2) is 12.3. The van der Waals surface area contributed by atoms with Crippen molar-refractivity contribution in [2.75, 3.05) is 33.2 Å². The zero-order valence-corrected chi connectivity index (χ0v) is 21.5. The number of carbonyl (C=O) groups excluding carboxylic acids is 3. The number of halogens is 1. The van der Waals surface area contributed by atoms with Crippen LogP contribution in [-0.4, -0.2) is 71.8 Å². The number of nitrogens with zero attached hydrogens (tertiary/aromatic N) is 3. The van der Waals surface area contributed by atoms with Crippen LogP contribution in [0.15, 0.2) is 54.6 Å². The molecular weight excluding hydrogens is 478 g/mol. The van der Waals surface area contributed by atoms with Crippen molar-refractivity contribution in [1.29, 1.82) is 0 Å². The molecule has 0 N–H and O–H groups in total. The van der Waals surface area contributed by atoms with E-state index in [9.17, 15) is 14.4 Å². The minimum atomic E-state index is -0.207. The zero-order chi connectivity index (χ0) is 25.5. The summed E-state index contributed by atoms with van der Waals surface area (Å²) in [4.78, 5) is 43.4. The second-order valence-electron chi connectivity index (χ2n) is 9.68. The van der Waals surface area contributed by atoms with E-state index in [-0.39, 0.29) is 36.2 Å². The van der Waals surface area contributed by atoms with Crippen molar-refractivity contribution in [1.82, 2.24) is 14.7 Å². The number of carbonyl (C=O) groups is 3. The fourth-order valence-corrected chi connectivity index (χ4v) is 5.14. The molecule has 0 spiro atoms. The molecule has 0 aromatic heterocycles. The molecule has 2 aliphatic rings. The molecule has 192 valence electrons. The molecule has 36 heavy (non-hydrogen) atoms. The first-order valence-corrected chi connectivity index (χ1v) is 13.0. The first-order valence-electron chi connectivity index (χ1n) is 12.6. The first kappa shape index (κ1) is 26.0. The fourth-order valence-electron chi connectivity index (χ4n) is 4.96. The van der Waals surface area contributed by atoms with E-state index in [1.54, 1.807) is 29.0 Å². The van der Waals surface area contributed by atoms with Gasteiger partial charge in [0.15, 0.2) is 0 Å². The van der Waals surface area contributed by atoms with Crippen LogP contribution in [0.5, 0.6) is 5.75 Å². The molecule has 0 bridgehead atoms. The smallest absolute Gasteiger partial charge is 0.224 e. The highest BCUT2D eigenvalue weighted by molar-refractivity contribution is 6.30. The van der Waals surface area contributed by atoms with E-state index in [0.29, 0.717) is 56.2 Å². The largest absolute Gasteiger partial charge is 0.490 e. The Bertz CT molecular complexity index is 1060. The van der Waals surface area contributed by atoms with Gasteiger partial charge in [0.05, 0.1) is 0 Å². The summed E-state index contributed by atoms with van der Waals surface area (Å²) < 4.78 is 6.29. The van der Waals surface area contributed by atoms with E-state index in [4.69, 9.17) is 16.3 Å². The lowest BCUT2D eigenvalue weighted by atomic mass is 9.90. The molecular formula is C28H34ClN3O4. The van der Waals surface area contributed by atoms with Crippen LogP contribution in [-0.2, 0) is 20.9 Å². The summed E-state index contributed by atoms with van der Waals surface area (Å²) in [6.45, 7) is 2.72. The Balaban J connectivity index is 1.40. The van der Waals surface area contributed by atoms with Gasteiger partial charge in [0.25, 0.3) is 0 Å². The van der Waals surface area contributed by atoms with Gasteiger partial charge in [-0.1, -0.05) is 48.0 Å². The summed E-state index contributed by atoms with van der Waals surface area (Å²) in [5.41, 5.74) is 1.07. The van der Waals surface area contributed by atoms with Crippen molar-refractivity contribution in [3.63, 3.8) is 0 Å². The summed E-state index contributed by atoms with van der Waals surface area (Å²) in [6, 6.07) is 17.1. The Kier molecular flexibility index (Phi) is 8.86. The van der Waals surface area contributed by atoms with Gasteiger partial charge in [-0.3, -0.25) is 14.4 Å². The highest BCUT2D eigenvalue weighted by Crippen LogP contribution is 2.28. The van der Waals surface area contributed by atoms with Crippen LogP contribution in [0.1, 0.15) is 37.7 Å². The Morgan fingerprint density at radius 1 is 1.11 bits per heavy atom. The third-order valence-electron chi connectivity index (χ3n) is 6.99. The van der Waals surface area contributed by atoms with Crippen LogP contribution < -0.4 is 4.74 Å². The molecule has 2 atom stereocenters. The maximum Gasteiger partial charge on any atom is 0.224 e. The average Bonchev–Trinajstić information content (AvgIpc) is 3.28. The number of benzene rings is 2. The molecule has 0 aliphatic carbocycles. The molecule has 2 heterocycles. The molecule has 0 saturated carbocycles. The predicted octanol–water partition coefficient (Wildman–Crippen LogP) is 4.00. The zero-order valence-electron chi connectivity index (χ0n) is 20.8. The van der Waals surface area contributed by atoms with E-state index < -0.39 is 0 Å². The van der Waals surface area contributed by atoms with Crippen molar-refractivity contribution in [3.8, 4) is 5.75 Å². The van der Waals surface area contributed by atoms with E-state index in [1.165, 1.54) is 0 Å². The quantitative estimate of drug-likeness (QED) is 0.510. The standard InChI is InChI=1S/C28H34ClN3O4/c1-30(19-21-7-3-2-4-8-21)28(35)17-22-20-32(27(34)13-16-31-14-6-11-26(31)33)15-12-25(22)36-24-10-5-9-23(29)18-24/h2-5,7-10,18,22,25H,6,11-17,19-20H2,1H3/t22-,25-/m0/s1. The van der Waals surface area contributed by atoms with Crippen molar-refractivity contribution >= 4 is 29.3 Å². The molecule has 2 aliphatic heterocycles. The van der Waals surface area contributed by atoms with Crippen molar-refractivity contribution in [2.24, 2.45) is 5.92 Å². The highest BCUT2D eigenvalue weighted by Gasteiger charge is 2.35. The Morgan fingerprint density at radius 2 is 1.92 bits per heavy atom. The lowest BCUT2D eigenvalue weighted by molar-refractivity contribution is -0.139. The van der Waals surface area contributed by atoms with Crippen LogP contribution in [0, 0.1) is 5.92 Å². The molecule has 4 rings (SSSR count). The molecule has 2 aromatic carbocycles. The summed E-state index contributed by atoms with van der Waals surface area (Å²) >= 11 is 6.14. The fraction of sp³-hybridized carbons (Fsp3) is 0.464. The third kappa shape index (κ3) is 7.00. The normalized spacial score (nSPS) is 19.9. The molecule has 2 fully saturated rings. The molecule has 7 nitrogen and oxygen atoms in total. The number of likely N-dealkylation sites (tertiary alicyclic amines) is 2. The van der Waals surface area contributed by atoms with Gasteiger partial charge < -0.3 is 19.4 Å². The number of piperidine rings is 1. The predicted molar refractivity (Wildman–Crippen MR) is 139 cm³/mol. The average molecular weight is 512 g/mol. The Hall–Kier alpha value is -3.06. The number of hydrogen-bond donors (Lipinski definition) is 0. The summed E-state index contributed by atoms with van der Waals surface area (Å²) in [5, 5.41) is 0.590. The lowest BCUT2D eigenvalue weighted by Gasteiger charge is -2.39. The van der Waals surface area contributed by atoms with Gasteiger partial charge in [0.1, 0.15) is 11.9 Å². The summed E-state index contributed by atoms with van der Waals surface area (Å²) in [7, 11) is 1.81. The van der Waals surface area contributed by atoms with Crippen molar-refractivity contribution in [3.05, 3.63) is 65.2 Å². The van der Waals surface area contributed by atoms with Crippen molar-refractivity contribution < 1.29 is 19.1 Å². The topological polar surface area (TPSA) is 70.2 Å². The second-order valence-corrected chi connectivity index (χ2v) is 10.1. The molecule has 2 saturated heterocycles. The monoisotopic (exact) mass is 511 g/mol. The van der Waals surface area contributed by atoms with E-state index in [1.807, 2.05) is 47.4 Å². The van der Waals surface area contributed by atoms with Gasteiger partial charge in [-0.15, -0.1) is 0 Å². The van der Waals surface area contributed by atoms with Crippen LogP contribution in [0.4, 0.5) is 0 Å². The number of ether oxygens (including phenoxy) is 1. The molecule has 0 unspecified atom stereocenters. The Morgan fingerprint density at radius 3 is 2.64 bits per heavy atom. The number of rotatable bonds is 9. The Labute approximate surface area is 217 Å². The van der Waals surface area contributed by atoms with Gasteiger partial charge in [-0.05, 0) is 30.2 Å². The first-order chi connectivity index (χ1) is 17.4. The highest BCUT2D eigenvalue weighted by atomic mass is 35.5. The molecule has 8 heteroatoms. The molecule has 3 amide bonds. The van der Waals surface area contributed by atoms with Crippen LogP contribution >= 0.6 is 11.6 Å². The van der Waals surface area contributed by atoms with Crippen LogP contribution in [0.25, 0.3) is 0 Å². The van der Waals surface area contributed by atoms with E-state index in [0.717, 1.165) is 18.5 Å². The van der Waals surface area contributed by atoms with Gasteiger partial charge in [0.2, 0.25) is 17.7 Å². The SMILES string of the molecule is CN(Cc1ccccc1)C(=O)C[C@H]1CN(C(=O)CCN2CCCC2=O)CC[C@@H]1Oc1cccc(Cl)c1. The maximum atomic E-state index is 13.2. The molecule has 2 aromatic rings. The van der Waals surface area contributed by atoms with Gasteiger partial charge in [-0.2, -0.15) is 0 Å². The van der Waals surface area contributed by atoms with E-state index in [2.05, 4.69) is 0 Å². The molecule has 0 radical (unpaired) electrons. The summed E-state index contributed by atoms with van der Waals surface area (Å²) in [6.07, 6.45) is 2.44. The number of hydrogen-bond acceptors (Lipinski definition) is 4. The minimum absolute atomic E-state index is 0.0144. The van der Waals surface area contributed by atoms with Gasteiger partial charge in [-0.25, -0.2) is 0 Å². The van der Waals surface area contributed by atoms with Crippen LogP contribution in [0.3, 0.4) is 0 Å². The third-order valence-corrected chi connectivity index (χ3v) is 7.23. The number of amides is 3. The van der Waals surface area contributed by atoms with Gasteiger partial charge >= 0.3 is 0 Å². The van der Waals surface area contributed by atoms with Crippen molar-refractivity contribution in [2.45, 2.75) is 44.8 Å². The maximum absolute atomic E-state index is 13.2. The van der Waals surface area contributed by atoms with E-state index >= 15 is 0 Å².